The number of hydrogen-bond donors (Lipinski definition) is 1. The quantitative estimate of drug-likeness (QED) is 0.840. The smallest absolute Gasteiger partial charge is 0.289 e. The van der Waals surface area contributed by atoms with Crippen molar-refractivity contribution in [3.63, 3.8) is 0 Å². The Morgan fingerprint density at radius 3 is 3.00 bits per heavy atom. The molecule has 1 amide bonds. The van der Waals surface area contributed by atoms with Crippen molar-refractivity contribution < 1.29 is 14.1 Å². The lowest BCUT2D eigenvalue weighted by Gasteiger charge is -2.34. The zero-order chi connectivity index (χ0) is 14.0. The van der Waals surface area contributed by atoms with E-state index in [1.807, 2.05) is 25.6 Å². The number of anilines is 1. The van der Waals surface area contributed by atoms with Crippen LogP contribution in [0.5, 0.6) is 0 Å². The third-order valence-electron chi connectivity index (χ3n) is 3.08. The maximum Gasteiger partial charge on any atom is 0.305 e. The highest BCUT2D eigenvalue weighted by molar-refractivity contribution is 7.99. The van der Waals surface area contributed by atoms with Crippen LogP contribution in [0.3, 0.4) is 0 Å². The van der Waals surface area contributed by atoms with Crippen molar-refractivity contribution in [3.8, 4) is 0 Å². The maximum absolute atomic E-state index is 11.6. The van der Waals surface area contributed by atoms with Crippen LogP contribution in [-0.4, -0.2) is 34.8 Å². The third kappa shape index (κ3) is 3.20. The molecule has 0 saturated carbocycles. The molecule has 0 atom stereocenters. The predicted octanol–water partition coefficient (Wildman–Crippen LogP) is 1.02. The molecule has 0 radical (unpaired) electrons. The molecular formula is C12H21N4O2S+. The molecule has 1 aliphatic heterocycles. The molecule has 1 fully saturated rings. The first kappa shape index (κ1) is 14.2. The Kier molecular flexibility index (Phi) is 4.03. The molecule has 1 aromatic heterocycles. The lowest BCUT2D eigenvalue weighted by molar-refractivity contribution is -0.764. The summed E-state index contributed by atoms with van der Waals surface area (Å²) < 4.78 is 5.16. The summed E-state index contributed by atoms with van der Waals surface area (Å²) in [4.78, 5) is 13.3. The molecule has 0 aromatic carbocycles. The Morgan fingerprint density at radius 1 is 1.63 bits per heavy atom. The largest absolute Gasteiger partial charge is 0.305 e. The molecule has 6 nitrogen and oxygen atoms in total. The summed E-state index contributed by atoms with van der Waals surface area (Å²) >= 11 is 1.94. The molecule has 1 N–H and O–H groups in total. The van der Waals surface area contributed by atoms with Crippen LogP contribution in [0.25, 0.3) is 0 Å². The lowest BCUT2D eigenvalue weighted by Crippen LogP contribution is -2.70. The number of rotatable bonds is 3. The standard InChI is InChI=1S/C12H20N4O2S/c1-9(2)11(17)13-10-7-16(14-18-10)15-5-6-19-8-12(15,3)4/h7,9H,5-6,8H2,1-4H3/p+1. The van der Waals surface area contributed by atoms with Gasteiger partial charge in [-0.1, -0.05) is 13.8 Å². The van der Waals surface area contributed by atoms with Crippen molar-refractivity contribution in [3.05, 3.63) is 6.20 Å². The van der Waals surface area contributed by atoms with Gasteiger partial charge in [-0.05, 0) is 13.8 Å². The molecule has 1 aliphatic rings. The minimum atomic E-state index is -0.0821. The molecular weight excluding hydrogens is 264 g/mol. The number of amides is 1. The van der Waals surface area contributed by atoms with E-state index in [0.717, 1.165) is 18.1 Å². The summed E-state index contributed by atoms with van der Waals surface area (Å²) in [6.07, 6.45) is 1.72. The monoisotopic (exact) mass is 285 g/mol. The van der Waals surface area contributed by atoms with Crippen molar-refractivity contribution in [2.75, 3.05) is 28.4 Å². The topological polar surface area (TPSA) is 62.3 Å². The number of carbonyl (C=O) groups excluding carboxylic acids is 1. The van der Waals surface area contributed by atoms with E-state index < -0.39 is 0 Å². The summed E-state index contributed by atoms with van der Waals surface area (Å²) in [6.45, 7) is 8.93. The van der Waals surface area contributed by atoms with Crippen LogP contribution in [0.1, 0.15) is 27.7 Å². The Bertz CT molecular complexity index is 458. The fourth-order valence-electron chi connectivity index (χ4n) is 1.90. The molecule has 1 saturated heterocycles. The van der Waals surface area contributed by atoms with Crippen LogP contribution in [-0.2, 0) is 4.79 Å². The zero-order valence-corrected chi connectivity index (χ0v) is 12.7. The van der Waals surface area contributed by atoms with Crippen molar-refractivity contribution in [2.45, 2.75) is 33.2 Å². The van der Waals surface area contributed by atoms with Crippen LogP contribution >= 0.6 is 11.8 Å². The number of aromatic nitrogens is 2. The second-order valence-electron chi connectivity index (χ2n) is 5.62. The Balaban J connectivity index is 2.10. The first-order valence-corrected chi connectivity index (χ1v) is 7.61. The van der Waals surface area contributed by atoms with Gasteiger partial charge < -0.3 is 0 Å². The summed E-state index contributed by atoms with van der Waals surface area (Å²) in [5.74, 6) is 2.34. The minimum absolute atomic E-state index is 0.0176. The molecule has 0 spiro atoms. The number of carbonyl (C=O) groups is 1. The van der Waals surface area contributed by atoms with Gasteiger partial charge in [0.2, 0.25) is 11.2 Å². The van der Waals surface area contributed by atoms with Gasteiger partial charge in [0.15, 0.2) is 0 Å². The van der Waals surface area contributed by atoms with E-state index in [1.54, 1.807) is 11.0 Å². The van der Waals surface area contributed by atoms with Gasteiger partial charge in [0.1, 0.15) is 5.54 Å². The fourth-order valence-corrected chi connectivity index (χ4v) is 3.00. The van der Waals surface area contributed by atoms with E-state index in [0.29, 0.717) is 5.88 Å². The highest BCUT2D eigenvalue weighted by Gasteiger charge is 2.38. The van der Waals surface area contributed by atoms with Crippen LogP contribution in [0.4, 0.5) is 5.88 Å². The van der Waals surface area contributed by atoms with Gasteiger partial charge in [0.05, 0.1) is 11.3 Å². The molecule has 19 heavy (non-hydrogen) atoms. The highest BCUT2D eigenvalue weighted by atomic mass is 32.2. The molecule has 0 bridgehead atoms. The third-order valence-corrected chi connectivity index (χ3v) is 4.46. The first-order chi connectivity index (χ1) is 8.90. The molecule has 0 aliphatic carbocycles. The Hall–Kier alpha value is -1.24. The average Bonchev–Trinajstić information content (AvgIpc) is 2.76. The van der Waals surface area contributed by atoms with E-state index >= 15 is 0 Å². The van der Waals surface area contributed by atoms with Gasteiger partial charge in [-0.3, -0.25) is 14.6 Å². The fraction of sp³-hybridized carbons (Fsp3) is 0.750. The Labute approximate surface area is 117 Å². The minimum Gasteiger partial charge on any atom is -0.289 e. The van der Waals surface area contributed by atoms with Crippen LogP contribution in [0.2, 0.25) is 0 Å². The predicted molar refractivity (Wildman–Crippen MR) is 74.7 cm³/mol. The van der Waals surface area contributed by atoms with Crippen LogP contribution in [0.15, 0.2) is 10.7 Å². The zero-order valence-electron chi connectivity index (χ0n) is 11.8. The van der Waals surface area contributed by atoms with E-state index in [2.05, 4.69) is 29.4 Å². The molecule has 2 rings (SSSR count). The summed E-state index contributed by atoms with van der Waals surface area (Å²) in [5.41, 5.74) is 0.0176. The average molecular weight is 285 g/mol. The van der Waals surface area contributed by atoms with Crippen molar-refractivity contribution >= 4 is 23.6 Å². The Morgan fingerprint density at radius 2 is 2.37 bits per heavy atom. The molecule has 1 aromatic rings. The number of thioether (sulfide) groups is 1. The molecule has 0 unspecified atom stereocenters. The second kappa shape index (κ2) is 5.40. The van der Waals surface area contributed by atoms with Gasteiger partial charge in [0, 0.05) is 17.4 Å². The maximum atomic E-state index is 11.6. The van der Waals surface area contributed by atoms with Gasteiger partial charge in [-0.15, -0.1) is 5.01 Å². The SMILES string of the molecule is CC(C)C(=O)Nc1c[n+](N2CCSCC2(C)C)no1. The van der Waals surface area contributed by atoms with E-state index in [9.17, 15) is 4.79 Å². The number of hydrogen-bond acceptors (Lipinski definition) is 5. The molecule has 7 heteroatoms. The van der Waals surface area contributed by atoms with Crippen LogP contribution in [0, 0.1) is 5.92 Å². The second-order valence-corrected chi connectivity index (χ2v) is 6.72. The van der Waals surface area contributed by atoms with Gasteiger partial charge in [-0.2, -0.15) is 11.8 Å². The first-order valence-electron chi connectivity index (χ1n) is 6.45. The number of nitrogens with zero attached hydrogens (tertiary/aromatic N) is 3. The van der Waals surface area contributed by atoms with Gasteiger partial charge in [0.25, 0.3) is 6.20 Å². The van der Waals surface area contributed by atoms with E-state index in [4.69, 9.17) is 4.52 Å². The van der Waals surface area contributed by atoms with Gasteiger partial charge >= 0.3 is 5.88 Å². The van der Waals surface area contributed by atoms with Crippen molar-refractivity contribution in [2.24, 2.45) is 5.92 Å². The highest BCUT2D eigenvalue weighted by Crippen LogP contribution is 2.22. The van der Waals surface area contributed by atoms with Crippen LogP contribution < -0.4 is 15.1 Å². The lowest BCUT2D eigenvalue weighted by atomic mass is 10.1. The number of nitrogens with one attached hydrogen (secondary N) is 1. The van der Waals surface area contributed by atoms with E-state index in [-0.39, 0.29) is 17.4 Å². The summed E-state index contributed by atoms with van der Waals surface area (Å²) in [6, 6.07) is 0. The molecule has 106 valence electrons. The molecule has 2 heterocycles. The summed E-state index contributed by atoms with van der Waals surface area (Å²) in [5, 5.41) is 8.85. The normalized spacial score (nSPS) is 18.7. The van der Waals surface area contributed by atoms with E-state index in [1.165, 1.54) is 0 Å². The van der Waals surface area contributed by atoms with Crippen molar-refractivity contribution in [1.82, 2.24) is 5.27 Å². The van der Waals surface area contributed by atoms with Crippen molar-refractivity contribution in [1.29, 1.82) is 0 Å². The summed E-state index contributed by atoms with van der Waals surface area (Å²) in [7, 11) is 0. The van der Waals surface area contributed by atoms with Gasteiger partial charge in [-0.25, -0.2) is 0 Å².